The molecule has 0 saturated carbocycles. The van der Waals surface area contributed by atoms with E-state index in [9.17, 15) is 0 Å². The average Bonchev–Trinajstić information content (AvgIpc) is 1.59. The summed E-state index contributed by atoms with van der Waals surface area (Å²) in [5, 5.41) is 11.0. The van der Waals surface area contributed by atoms with Gasteiger partial charge in [-0.15, -0.1) is 0 Å². The van der Waals surface area contributed by atoms with Gasteiger partial charge in [-0.25, -0.2) is 24.9 Å². The van der Waals surface area contributed by atoms with Gasteiger partial charge >= 0.3 is 0 Å². The van der Waals surface area contributed by atoms with Crippen molar-refractivity contribution in [3.05, 3.63) is 294 Å². The Morgan fingerprint density at radius 3 is 0.921 bits per heavy atom. The van der Waals surface area contributed by atoms with Crippen molar-refractivity contribution in [1.82, 2.24) is 34.7 Å². The second-order valence-electron chi connectivity index (χ2n) is 35.1. The van der Waals surface area contributed by atoms with Crippen molar-refractivity contribution in [3.63, 3.8) is 0 Å². The summed E-state index contributed by atoms with van der Waals surface area (Å²) in [6.07, 6.45) is 13.9. The van der Waals surface area contributed by atoms with E-state index in [0.29, 0.717) is 40.7 Å². The van der Waals surface area contributed by atoms with Crippen LogP contribution in [0.2, 0.25) is 0 Å². The third kappa shape index (κ3) is 14.1. The number of aryl methyl sites for hydroxylation is 10. The molecule has 0 spiro atoms. The largest absolute Gasteiger partial charge is 0.435 e. The number of anilines is 10. The molecule has 0 amide bonds. The normalized spacial score (nSPS) is 17.1. The number of aromatic nitrogens is 5. The van der Waals surface area contributed by atoms with Crippen molar-refractivity contribution in [2.24, 2.45) is 0 Å². The van der Waals surface area contributed by atoms with Gasteiger partial charge in [-0.05, 0) is 256 Å². The highest BCUT2D eigenvalue weighted by Crippen LogP contribution is 2.52. The highest BCUT2D eigenvalue weighted by atomic mass is 16.4. The molecular formula is C107H109N15O5. The standard InChI is InChI=1S/C24H25N3O.C23H21N3O.C22H21N3O.C20H23N3O.C18H19N3O/c1-14(2)26-17(5)27(21-9-7-6-8-20(21)26)22-15(3)10-12-18-19-13-11-16(4)25-24(19)28-23(18)22;1-15-9-11-19-20-12-10-16(2)24-23(20)27-22(19)21(15)26-14-13-25(17(26)3)18-7-5-4-6-8-18;1-13-9-11-16-17-12-10-14(2)23-22(17)26-21(16)20(13)25-15(3)24(4)18-7-5-6-8-19(18)25;1-12(2)22-10-11-23(15(22)5)18-13(3)6-8-16-17-9-7-14(4)21-20(17)24-19(16)18;1-11-5-7-14-15-8-6-12(2)19-18(15)22-17(14)16(11)21-10-9-20(4)13(21)3/h6-14,17H,1-5H3;4-14,17H,1-3H3;5-12,15H,1-4H3;6-12,15H,1-5H3;5-10,13H,1-4H3. The Kier molecular flexibility index (Phi) is 21.0. The third-order valence-electron chi connectivity index (χ3n) is 26.1. The SMILES string of the molecule is Cc1ccc2c(n1)oc1c(N3C=CN(C(C)C)C3C)c(C)ccc12.Cc1ccc2c(n1)oc1c(N3C=CN(C)C3C)c(C)ccc12.Cc1ccc2c(n1)oc1c(N3C=CN(c4ccccc4)C3C)c(C)ccc12.Cc1ccc2c(n1)oc1c(N3c4ccccc4N(C(C)C)C3C)c(C)ccc12.Cc1ccc2c(n1)oc1c(N3c4ccccc4N(C)C3C)c(C)ccc12. The van der Waals surface area contributed by atoms with Crippen molar-refractivity contribution >= 4 is 167 Å². The van der Waals surface area contributed by atoms with E-state index in [1.165, 1.54) is 56.3 Å². The van der Waals surface area contributed by atoms with Crippen molar-refractivity contribution < 1.29 is 22.1 Å². The molecule has 18 aromatic rings. The minimum Gasteiger partial charge on any atom is -0.435 e. The van der Waals surface area contributed by atoms with Gasteiger partial charge in [0.25, 0.3) is 0 Å². The number of rotatable bonds is 8. The molecule has 8 aromatic carbocycles. The lowest BCUT2D eigenvalue weighted by Crippen LogP contribution is -2.42. The number of pyridine rings is 5. The first kappa shape index (κ1) is 82.3. The quantitative estimate of drug-likeness (QED) is 0.141. The molecule has 0 radical (unpaired) electrons. The van der Waals surface area contributed by atoms with Gasteiger partial charge in [-0.3, -0.25) is 0 Å². The second-order valence-corrected chi connectivity index (χ2v) is 35.1. The van der Waals surface area contributed by atoms with Crippen LogP contribution < -0.4 is 39.2 Å². The number of fused-ring (bicyclic) bond motifs is 17. The zero-order valence-electron chi connectivity index (χ0n) is 76.3. The molecule has 642 valence electrons. The number of furan rings is 5. The summed E-state index contributed by atoms with van der Waals surface area (Å²) in [7, 11) is 4.22. The van der Waals surface area contributed by atoms with Gasteiger partial charge in [0.2, 0.25) is 28.6 Å². The van der Waals surface area contributed by atoms with Gasteiger partial charge in [0, 0.05) is 151 Å². The molecule has 10 aromatic heterocycles. The summed E-state index contributed by atoms with van der Waals surface area (Å²) in [6.45, 7) is 40.7. The van der Waals surface area contributed by atoms with Crippen molar-refractivity contribution in [2.45, 2.75) is 174 Å². The molecule has 5 unspecified atom stereocenters. The van der Waals surface area contributed by atoms with Gasteiger partial charge in [-0.2, -0.15) is 0 Å². The van der Waals surface area contributed by atoms with Crippen molar-refractivity contribution in [3.8, 4) is 0 Å². The van der Waals surface area contributed by atoms with E-state index < -0.39 is 0 Å². The van der Waals surface area contributed by atoms with Crippen LogP contribution in [0.25, 0.3) is 110 Å². The molecule has 0 bridgehead atoms. The van der Waals surface area contributed by atoms with Crippen LogP contribution >= 0.6 is 0 Å². The van der Waals surface area contributed by atoms with Gasteiger partial charge < -0.3 is 71.1 Å². The van der Waals surface area contributed by atoms with E-state index >= 15 is 0 Å². The molecule has 0 saturated heterocycles. The highest BCUT2D eigenvalue weighted by molar-refractivity contribution is 6.14. The van der Waals surface area contributed by atoms with Crippen LogP contribution in [0, 0.1) is 69.2 Å². The average molecular weight is 1690 g/mol. The van der Waals surface area contributed by atoms with Crippen LogP contribution in [0.15, 0.2) is 259 Å². The molecule has 5 aliphatic heterocycles. The van der Waals surface area contributed by atoms with E-state index in [-0.39, 0.29) is 30.8 Å². The lowest BCUT2D eigenvalue weighted by molar-refractivity contribution is 0.263. The maximum Gasteiger partial charge on any atom is 0.227 e. The molecule has 0 N–H and O–H groups in total. The first-order valence-corrected chi connectivity index (χ1v) is 44.2. The Morgan fingerprint density at radius 1 is 0.260 bits per heavy atom. The van der Waals surface area contributed by atoms with Crippen molar-refractivity contribution in [2.75, 3.05) is 53.3 Å². The Balaban J connectivity index is 0.000000104. The predicted molar refractivity (Wildman–Crippen MR) is 524 cm³/mol. The Hall–Kier alpha value is -14.3. The van der Waals surface area contributed by atoms with E-state index in [4.69, 9.17) is 22.1 Å². The van der Waals surface area contributed by atoms with Gasteiger partial charge in [0.15, 0.2) is 27.9 Å². The van der Waals surface area contributed by atoms with Crippen LogP contribution in [-0.4, -0.2) is 91.7 Å². The van der Waals surface area contributed by atoms with Gasteiger partial charge in [-0.1, -0.05) is 103 Å². The monoisotopic (exact) mass is 1680 g/mol. The van der Waals surface area contributed by atoms with Crippen LogP contribution in [0.1, 0.15) is 119 Å². The number of hydrogen-bond donors (Lipinski definition) is 0. The zero-order chi connectivity index (χ0) is 88.6. The number of hydrogen-bond acceptors (Lipinski definition) is 20. The first-order valence-electron chi connectivity index (χ1n) is 44.2. The zero-order valence-corrected chi connectivity index (χ0v) is 76.3. The van der Waals surface area contributed by atoms with Crippen LogP contribution in [0.4, 0.5) is 56.9 Å². The van der Waals surface area contributed by atoms with E-state index in [2.05, 4.69) is 386 Å². The first-order chi connectivity index (χ1) is 61.2. The summed E-state index contributed by atoms with van der Waals surface area (Å²) >= 11 is 0. The van der Waals surface area contributed by atoms with E-state index in [0.717, 1.165) is 139 Å². The van der Waals surface area contributed by atoms with E-state index in [1.54, 1.807) is 0 Å². The minimum atomic E-state index is 0.152. The smallest absolute Gasteiger partial charge is 0.227 e. The summed E-state index contributed by atoms with van der Waals surface area (Å²) < 4.78 is 31.2. The molecule has 20 heteroatoms. The lowest BCUT2D eigenvalue weighted by Gasteiger charge is -2.33. The summed E-state index contributed by atoms with van der Waals surface area (Å²) in [5.41, 5.74) is 30.7. The fourth-order valence-corrected chi connectivity index (χ4v) is 19.3. The molecule has 0 fully saturated rings. The maximum atomic E-state index is 6.35. The van der Waals surface area contributed by atoms with Crippen molar-refractivity contribution in [1.29, 1.82) is 0 Å². The molecule has 23 rings (SSSR count). The molecule has 5 aliphatic rings. The molecule has 20 nitrogen and oxygen atoms in total. The highest BCUT2D eigenvalue weighted by Gasteiger charge is 2.39. The minimum absolute atomic E-state index is 0.152. The topological polar surface area (TPSA) is 163 Å². The fraction of sp³-hybridized carbons (Fsp3) is 0.262. The predicted octanol–water partition coefficient (Wildman–Crippen LogP) is 26.7. The van der Waals surface area contributed by atoms with Crippen LogP contribution in [0.5, 0.6) is 0 Å². The summed E-state index contributed by atoms with van der Waals surface area (Å²) in [4.78, 5) is 46.1. The summed E-state index contributed by atoms with van der Waals surface area (Å²) in [5.74, 6) is 0. The Labute approximate surface area is 741 Å². The molecular weight excluding hydrogens is 1580 g/mol. The van der Waals surface area contributed by atoms with Gasteiger partial charge in [0.05, 0.1) is 51.2 Å². The Bertz CT molecular complexity index is 7440. The van der Waals surface area contributed by atoms with Crippen LogP contribution in [0.3, 0.4) is 0 Å². The molecule has 5 atom stereocenters. The second kappa shape index (κ2) is 32.4. The third-order valence-corrected chi connectivity index (χ3v) is 26.1. The Morgan fingerprint density at radius 2 is 0.559 bits per heavy atom. The van der Waals surface area contributed by atoms with Crippen LogP contribution in [-0.2, 0) is 0 Å². The molecule has 127 heavy (non-hydrogen) atoms. The molecule has 0 aliphatic carbocycles. The number of nitrogens with zero attached hydrogens (tertiary/aromatic N) is 15. The molecule has 15 heterocycles. The fourth-order valence-electron chi connectivity index (χ4n) is 19.3. The van der Waals surface area contributed by atoms with E-state index in [1.807, 2.05) is 71.0 Å². The number of benzene rings is 8. The maximum absolute atomic E-state index is 6.35. The summed E-state index contributed by atoms with van der Waals surface area (Å²) in [6, 6.07) is 70.8. The lowest BCUT2D eigenvalue weighted by atomic mass is 10.1. The van der Waals surface area contributed by atoms with Gasteiger partial charge in [0.1, 0.15) is 30.8 Å². The number of para-hydroxylation sites is 5.